The summed E-state index contributed by atoms with van der Waals surface area (Å²) in [5, 5.41) is 19.1. The number of thiophene rings is 2. The first-order valence-corrected chi connectivity index (χ1v) is 14.0. The molecule has 0 aliphatic carbocycles. The molecule has 36 heavy (non-hydrogen) atoms. The van der Waals surface area contributed by atoms with Gasteiger partial charge >= 0.3 is 24.8 Å². The van der Waals surface area contributed by atoms with E-state index in [-0.39, 0.29) is 12.2 Å². The Morgan fingerprint density at radius 2 is 1.47 bits per heavy atom. The van der Waals surface area contributed by atoms with Gasteiger partial charge in [0.05, 0.1) is 13.2 Å². The Balaban J connectivity index is 0.000000153. The topological polar surface area (TPSA) is 92.2 Å². The summed E-state index contributed by atoms with van der Waals surface area (Å²) in [7, 11) is 4.34. The third-order valence-corrected chi connectivity index (χ3v) is 9.34. The van der Waals surface area contributed by atoms with Gasteiger partial charge in [0.25, 0.3) is 0 Å². The molecule has 2 unspecified atom stereocenters. The first kappa shape index (κ1) is 27.3. The van der Waals surface area contributed by atoms with Crippen molar-refractivity contribution in [2.24, 2.45) is 4.30 Å². The monoisotopic (exact) mass is 606 g/mol. The van der Waals surface area contributed by atoms with Crippen molar-refractivity contribution in [2.75, 3.05) is 0 Å². The quantitative estimate of drug-likeness (QED) is 0.194. The molecular weight excluding hydrogens is 581 g/mol. The third kappa shape index (κ3) is 5.16. The zero-order chi connectivity index (χ0) is 26.1. The van der Waals surface area contributed by atoms with Crippen LogP contribution in [0.15, 0.2) is 14.8 Å². The van der Waals surface area contributed by atoms with Crippen LogP contribution in [0.4, 0.5) is 0 Å². The van der Waals surface area contributed by atoms with Crippen LogP contribution in [-0.2, 0) is 22.7 Å². The number of hydrogen-bond acceptors (Lipinski definition) is 10. The minimum atomic E-state index is -0.0250. The van der Waals surface area contributed by atoms with Crippen LogP contribution in [-0.4, -0.2) is 37.2 Å². The molecule has 4 aromatic heterocycles. The van der Waals surface area contributed by atoms with Gasteiger partial charge < -0.3 is 9.47 Å². The fraction of sp³-hybridized carbons (Fsp3) is 0.455. The predicted octanol–water partition coefficient (Wildman–Crippen LogP) is 6.02. The van der Waals surface area contributed by atoms with Crippen LogP contribution in [0.25, 0.3) is 10.0 Å². The molecule has 2 aliphatic rings. The molecule has 2 atom stereocenters. The fourth-order valence-corrected chi connectivity index (χ4v) is 6.92. The maximum atomic E-state index is 5.82. The number of halogens is 1. The van der Waals surface area contributed by atoms with E-state index < -0.39 is 0 Å². The summed E-state index contributed by atoms with van der Waals surface area (Å²) in [4.78, 5) is 2.55. The van der Waals surface area contributed by atoms with Gasteiger partial charge in [-0.05, 0) is 63.5 Å². The molecule has 0 saturated heterocycles. The van der Waals surface area contributed by atoms with Crippen molar-refractivity contribution in [3.63, 3.8) is 0 Å². The number of fused-ring (bicyclic) bond motifs is 6. The van der Waals surface area contributed by atoms with Crippen molar-refractivity contribution >= 4 is 59.1 Å². The zero-order valence-corrected chi connectivity index (χ0v) is 24.9. The Bertz CT molecular complexity index is 1400. The molecule has 0 spiro atoms. The summed E-state index contributed by atoms with van der Waals surface area (Å²) in [6.45, 7) is 13.5. The predicted molar refractivity (Wildman–Crippen MR) is 149 cm³/mol. The molecule has 0 saturated carbocycles. The van der Waals surface area contributed by atoms with Gasteiger partial charge in [-0.1, -0.05) is 0 Å². The van der Waals surface area contributed by atoms with Crippen molar-refractivity contribution in [2.45, 2.75) is 67.0 Å². The second kappa shape index (κ2) is 11.4. The van der Waals surface area contributed by atoms with E-state index in [1.807, 2.05) is 27.7 Å². The van der Waals surface area contributed by atoms with Gasteiger partial charge in [0, 0.05) is 25.4 Å². The number of nitrogens with zero attached hydrogens (tertiary/aromatic N) is 7. The van der Waals surface area contributed by atoms with Crippen LogP contribution in [0.5, 0.6) is 0 Å². The number of aromatic nitrogens is 6. The zero-order valence-electron chi connectivity index (χ0n) is 20.8. The van der Waals surface area contributed by atoms with Crippen molar-refractivity contribution in [1.82, 2.24) is 29.5 Å². The van der Waals surface area contributed by atoms with E-state index in [0.717, 1.165) is 27.8 Å². The van der Waals surface area contributed by atoms with Crippen LogP contribution in [0.3, 0.4) is 0 Å². The van der Waals surface area contributed by atoms with Gasteiger partial charge in [0.2, 0.25) is 0 Å². The SMILES string of the molecule is Cc1cc2c(s1)-n1c(C)nnc1C(C)OC2.Cc1sc2c(c1Br)COC(C)c1nnc(C)n1-2.[B]=NS. The summed E-state index contributed by atoms with van der Waals surface area (Å²) in [5.41, 5.74) is 2.43. The van der Waals surface area contributed by atoms with Gasteiger partial charge in [0.1, 0.15) is 33.9 Å². The van der Waals surface area contributed by atoms with Crippen molar-refractivity contribution in [3.8, 4) is 10.0 Å². The normalized spacial score (nSPS) is 17.6. The van der Waals surface area contributed by atoms with Crippen LogP contribution >= 0.6 is 51.4 Å². The Morgan fingerprint density at radius 3 is 2.06 bits per heavy atom. The molecule has 6 rings (SSSR count). The molecule has 1 radical (unpaired) electrons. The number of hydrogen-bond donors (Lipinski definition) is 1. The Kier molecular flexibility index (Phi) is 8.62. The van der Waals surface area contributed by atoms with Gasteiger partial charge in [-0.25, -0.2) is 0 Å². The molecule has 189 valence electrons. The number of ether oxygens (including phenoxy) is 2. The molecule has 0 N–H and O–H groups in total. The second-order valence-electron chi connectivity index (χ2n) is 8.35. The third-order valence-electron chi connectivity index (χ3n) is 5.79. The molecule has 0 fully saturated rings. The average molecular weight is 607 g/mol. The molecule has 0 amide bonds. The van der Waals surface area contributed by atoms with Crippen LogP contribution in [0, 0.1) is 27.7 Å². The van der Waals surface area contributed by atoms with Gasteiger partial charge in [0.15, 0.2) is 11.6 Å². The molecular formula is C22H26BBrN7O2S3. The first-order chi connectivity index (χ1) is 17.2. The second-order valence-corrected chi connectivity index (χ2v) is 11.8. The van der Waals surface area contributed by atoms with Crippen molar-refractivity contribution in [3.05, 3.63) is 54.7 Å². The van der Waals surface area contributed by atoms with E-state index >= 15 is 0 Å². The van der Waals surface area contributed by atoms with Gasteiger partial charge in [-0.3, -0.25) is 9.13 Å². The average Bonchev–Trinajstić information content (AvgIpc) is 3.54. The van der Waals surface area contributed by atoms with Gasteiger partial charge in [-0.2, -0.15) is 0 Å². The van der Waals surface area contributed by atoms with E-state index in [4.69, 9.17) is 9.47 Å². The van der Waals surface area contributed by atoms with E-state index in [2.05, 4.69) is 90.1 Å². The summed E-state index contributed by atoms with van der Waals surface area (Å²) in [6.07, 6.45) is -0.0240. The molecule has 4 aromatic rings. The standard InChI is InChI=1S/C11H12BrN3OS.C11H13N3OS.BHNS/c1-5-10-14-13-7(3)15(10)11-8(4-16-5)9(12)6(2)17-11;1-6-4-9-5-15-7(2)10-13-12-8(3)14(10)11(9)16-6;1-2-3/h5H,4H2,1-3H3;4,7H,5H2,1-3H3;3H. The van der Waals surface area contributed by atoms with Gasteiger partial charge in [-0.15, -0.1) is 43.1 Å². The Hall–Kier alpha value is -1.71. The number of aryl methyl sites for hydroxylation is 4. The van der Waals surface area contributed by atoms with Crippen molar-refractivity contribution in [1.29, 1.82) is 0 Å². The summed E-state index contributed by atoms with van der Waals surface area (Å²) in [5.74, 6) is 3.62. The summed E-state index contributed by atoms with van der Waals surface area (Å²) in [6, 6.07) is 2.18. The molecule has 6 heterocycles. The molecule has 14 heteroatoms. The molecule has 0 aromatic carbocycles. The fourth-order valence-electron chi connectivity index (χ4n) is 4.07. The number of rotatable bonds is 0. The number of thiol groups is 1. The molecule has 9 nitrogen and oxygen atoms in total. The van der Waals surface area contributed by atoms with Crippen molar-refractivity contribution < 1.29 is 9.47 Å². The summed E-state index contributed by atoms with van der Waals surface area (Å²) < 4.78 is 19.6. The first-order valence-electron chi connectivity index (χ1n) is 11.2. The minimum absolute atomic E-state index is 0.00102. The molecule has 2 aliphatic heterocycles. The van der Waals surface area contributed by atoms with Crippen LogP contribution in [0.2, 0.25) is 0 Å². The Labute approximate surface area is 233 Å². The van der Waals surface area contributed by atoms with E-state index in [1.165, 1.54) is 30.9 Å². The van der Waals surface area contributed by atoms with Crippen LogP contribution < -0.4 is 0 Å². The van der Waals surface area contributed by atoms with Crippen LogP contribution in [0.1, 0.15) is 70.2 Å². The van der Waals surface area contributed by atoms with E-state index in [9.17, 15) is 0 Å². The van der Waals surface area contributed by atoms with E-state index in [1.54, 1.807) is 22.7 Å². The van der Waals surface area contributed by atoms with E-state index in [0.29, 0.717) is 13.2 Å². The molecule has 0 bridgehead atoms. The Morgan fingerprint density at radius 1 is 0.944 bits per heavy atom. The summed E-state index contributed by atoms with van der Waals surface area (Å²) >= 11 is 10.3. The maximum absolute atomic E-state index is 5.82.